The van der Waals surface area contributed by atoms with Crippen molar-refractivity contribution in [2.24, 2.45) is 0 Å². The third-order valence-electron chi connectivity index (χ3n) is 2.44. The molecule has 0 radical (unpaired) electrons. The van der Waals surface area contributed by atoms with Gasteiger partial charge in [-0.2, -0.15) is 15.3 Å². The lowest BCUT2D eigenvalue weighted by Gasteiger charge is -2.28. The molecule has 0 aliphatic carbocycles. The minimum atomic E-state index is -1.61. The van der Waals surface area contributed by atoms with Gasteiger partial charge in [0.1, 0.15) is 0 Å². The highest BCUT2D eigenvalue weighted by atomic mass is 16.4. The number of rotatable bonds is 3. The maximum atomic E-state index is 10.8. The zero-order valence-electron chi connectivity index (χ0n) is 8.83. The van der Waals surface area contributed by atoms with Crippen LogP contribution < -0.4 is 0 Å². The molecule has 0 aliphatic rings. The van der Waals surface area contributed by atoms with Gasteiger partial charge in [-0.3, -0.25) is 0 Å². The van der Waals surface area contributed by atoms with Crippen molar-refractivity contribution in [1.29, 1.82) is 0 Å². The van der Waals surface area contributed by atoms with E-state index in [1.807, 2.05) is 0 Å². The van der Waals surface area contributed by atoms with Gasteiger partial charge in [0.05, 0.1) is 0 Å². The van der Waals surface area contributed by atoms with Crippen LogP contribution in [0.15, 0.2) is 55.4 Å². The number of nitrogens with zero attached hydrogens (tertiary/aromatic N) is 6. The van der Waals surface area contributed by atoms with E-state index >= 15 is 0 Å². The van der Waals surface area contributed by atoms with E-state index in [1.54, 1.807) is 55.4 Å². The summed E-state index contributed by atoms with van der Waals surface area (Å²) in [5.41, 5.74) is 0. The van der Waals surface area contributed by atoms with E-state index in [-0.39, 0.29) is 0 Å². The van der Waals surface area contributed by atoms with E-state index in [0.29, 0.717) is 0 Å². The smallest absolute Gasteiger partial charge is 0.332 e. The summed E-state index contributed by atoms with van der Waals surface area (Å²) in [5.74, 6) is -1.61. The zero-order valence-corrected chi connectivity index (χ0v) is 8.83. The minimum absolute atomic E-state index is 1.37. The van der Waals surface area contributed by atoms with Crippen LogP contribution in [-0.4, -0.2) is 34.4 Å². The van der Waals surface area contributed by atoms with Gasteiger partial charge in [0.15, 0.2) is 0 Å². The molecule has 0 aromatic carbocycles. The summed E-state index contributed by atoms with van der Waals surface area (Å²) in [5, 5.41) is 22.9. The maximum Gasteiger partial charge on any atom is 0.364 e. The fourth-order valence-corrected chi connectivity index (χ4v) is 1.65. The zero-order chi connectivity index (χ0) is 11.7. The Hall–Kier alpha value is -2.41. The summed E-state index contributed by atoms with van der Waals surface area (Å²) in [6.07, 6.45) is 9.67. The third kappa shape index (κ3) is 1.36. The molecule has 7 heteroatoms. The summed E-state index contributed by atoms with van der Waals surface area (Å²) in [4.78, 5) is 0. The van der Waals surface area contributed by atoms with Gasteiger partial charge in [-0.25, -0.2) is 14.0 Å². The quantitative estimate of drug-likeness (QED) is 0.683. The molecule has 3 aromatic heterocycles. The Balaban J connectivity index is 2.21. The SMILES string of the molecule is OC(n1cccn1)(n1cccn1)n1cccn1. The standard InChI is InChI=1S/C10H10N6O/c17-10(14-7-1-4-11-14,15-8-2-5-12-15)16-9-3-6-13-16/h1-9,17H. The van der Waals surface area contributed by atoms with Crippen molar-refractivity contribution in [3.8, 4) is 0 Å². The predicted molar refractivity (Wildman–Crippen MR) is 57.7 cm³/mol. The Labute approximate surface area is 96.5 Å². The van der Waals surface area contributed by atoms with Gasteiger partial charge in [-0.15, -0.1) is 0 Å². The van der Waals surface area contributed by atoms with Crippen LogP contribution in [0.4, 0.5) is 0 Å². The van der Waals surface area contributed by atoms with Crippen molar-refractivity contribution >= 4 is 0 Å². The average molecular weight is 230 g/mol. The highest BCUT2D eigenvalue weighted by Gasteiger charge is 2.35. The number of aliphatic hydroxyl groups is 1. The average Bonchev–Trinajstić information content (AvgIpc) is 3.10. The van der Waals surface area contributed by atoms with Gasteiger partial charge >= 0.3 is 5.97 Å². The van der Waals surface area contributed by atoms with Crippen molar-refractivity contribution < 1.29 is 5.11 Å². The van der Waals surface area contributed by atoms with Crippen molar-refractivity contribution in [3.63, 3.8) is 0 Å². The molecule has 0 saturated carbocycles. The molecule has 3 aromatic rings. The predicted octanol–water partition coefficient (Wildman–Crippen LogP) is -0.0672. The van der Waals surface area contributed by atoms with Crippen LogP contribution in [-0.2, 0) is 5.97 Å². The van der Waals surface area contributed by atoms with E-state index in [4.69, 9.17) is 0 Å². The van der Waals surface area contributed by atoms with E-state index in [0.717, 1.165) is 0 Å². The molecule has 3 heterocycles. The second kappa shape index (κ2) is 3.56. The van der Waals surface area contributed by atoms with Crippen molar-refractivity contribution in [2.75, 3.05) is 0 Å². The summed E-state index contributed by atoms with van der Waals surface area (Å²) < 4.78 is 4.10. The van der Waals surface area contributed by atoms with Crippen LogP contribution in [0.5, 0.6) is 0 Å². The molecule has 0 bridgehead atoms. The van der Waals surface area contributed by atoms with Crippen molar-refractivity contribution in [3.05, 3.63) is 55.4 Å². The van der Waals surface area contributed by atoms with Crippen LogP contribution in [0.2, 0.25) is 0 Å². The summed E-state index contributed by atoms with van der Waals surface area (Å²) in [6, 6.07) is 5.16. The lowest BCUT2D eigenvalue weighted by Crippen LogP contribution is -2.48. The molecule has 3 rings (SSSR count). The van der Waals surface area contributed by atoms with Gasteiger partial charge in [0.2, 0.25) is 0 Å². The maximum absolute atomic E-state index is 10.8. The van der Waals surface area contributed by atoms with E-state index in [2.05, 4.69) is 15.3 Å². The highest BCUT2D eigenvalue weighted by molar-refractivity contribution is 4.92. The molecule has 0 atom stereocenters. The van der Waals surface area contributed by atoms with Gasteiger partial charge < -0.3 is 5.11 Å². The number of aromatic nitrogens is 6. The van der Waals surface area contributed by atoms with Crippen molar-refractivity contribution in [1.82, 2.24) is 29.3 Å². The van der Waals surface area contributed by atoms with E-state index < -0.39 is 5.97 Å². The topological polar surface area (TPSA) is 73.7 Å². The Morgan fingerprint density at radius 3 is 1.29 bits per heavy atom. The first kappa shape index (κ1) is 9.79. The first-order chi connectivity index (χ1) is 8.32. The summed E-state index contributed by atoms with van der Waals surface area (Å²) in [7, 11) is 0. The van der Waals surface area contributed by atoms with Crippen LogP contribution >= 0.6 is 0 Å². The first-order valence-corrected chi connectivity index (χ1v) is 5.04. The van der Waals surface area contributed by atoms with Gasteiger partial charge in [0, 0.05) is 37.2 Å². The highest BCUT2D eigenvalue weighted by Crippen LogP contribution is 2.15. The molecule has 0 amide bonds. The molecule has 0 fully saturated rings. The normalized spacial score (nSPS) is 11.8. The molecule has 0 spiro atoms. The fourth-order valence-electron chi connectivity index (χ4n) is 1.65. The fraction of sp³-hybridized carbons (Fsp3) is 0.100. The van der Waals surface area contributed by atoms with E-state index in [1.165, 1.54) is 14.0 Å². The van der Waals surface area contributed by atoms with E-state index in [9.17, 15) is 5.11 Å². The molecule has 7 nitrogen and oxygen atoms in total. The number of hydrogen-bond acceptors (Lipinski definition) is 4. The molecule has 0 aliphatic heterocycles. The van der Waals surface area contributed by atoms with Crippen LogP contribution in [0.1, 0.15) is 0 Å². The second-order valence-corrected chi connectivity index (χ2v) is 3.45. The van der Waals surface area contributed by atoms with Crippen LogP contribution in [0.3, 0.4) is 0 Å². The molecule has 1 N–H and O–H groups in total. The van der Waals surface area contributed by atoms with Gasteiger partial charge in [-0.05, 0) is 18.2 Å². The van der Waals surface area contributed by atoms with Crippen molar-refractivity contribution in [2.45, 2.75) is 5.97 Å². The monoisotopic (exact) mass is 230 g/mol. The second-order valence-electron chi connectivity index (χ2n) is 3.45. The Morgan fingerprint density at radius 2 is 1.06 bits per heavy atom. The minimum Gasteiger partial charge on any atom is -0.332 e. The van der Waals surface area contributed by atoms with Crippen LogP contribution in [0.25, 0.3) is 0 Å². The Bertz CT molecular complexity index is 484. The lowest BCUT2D eigenvalue weighted by molar-refractivity contribution is -0.125. The number of hydrogen-bond donors (Lipinski definition) is 1. The molecule has 0 unspecified atom stereocenters. The molecule has 17 heavy (non-hydrogen) atoms. The molecular formula is C10H10N6O. The molecular weight excluding hydrogens is 220 g/mol. The first-order valence-electron chi connectivity index (χ1n) is 5.04. The summed E-state index contributed by atoms with van der Waals surface area (Å²) >= 11 is 0. The Kier molecular flexibility index (Phi) is 2.05. The summed E-state index contributed by atoms with van der Waals surface area (Å²) in [6.45, 7) is 0. The lowest BCUT2D eigenvalue weighted by atomic mass is 10.6. The Morgan fingerprint density at radius 1 is 0.706 bits per heavy atom. The third-order valence-corrected chi connectivity index (χ3v) is 2.44. The molecule has 86 valence electrons. The van der Waals surface area contributed by atoms with Crippen LogP contribution in [0, 0.1) is 0 Å². The largest absolute Gasteiger partial charge is 0.364 e. The van der Waals surface area contributed by atoms with Gasteiger partial charge in [-0.1, -0.05) is 0 Å². The van der Waals surface area contributed by atoms with Gasteiger partial charge in [0.25, 0.3) is 0 Å². The molecule has 0 saturated heterocycles.